The average molecular weight is 391 g/mol. The van der Waals surface area contributed by atoms with E-state index < -0.39 is 17.9 Å². The van der Waals surface area contributed by atoms with Crippen LogP contribution in [0.1, 0.15) is 25.8 Å². The van der Waals surface area contributed by atoms with Crippen LogP contribution in [-0.2, 0) is 14.4 Å². The lowest BCUT2D eigenvalue weighted by atomic mass is 9.99. The Morgan fingerprint density at radius 2 is 2.00 bits per heavy atom. The van der Waals surface area contributed by atoms with Crippen molar-refractivity contribution in [3.63, 3.8) is 0 Å². The summed E-state index contributed by atoms with van der Waals surface area (Å²) in [5.41, 5.74) is 0.853. The number of carboxylic acids is 1. The molecule has 1 N–H and O–H groups in total. The topological polar surface area (TPSA) is 89.5 Å². The van der Waals surface area contributed by atoms with Crippen LogP contribution in [0.5, 0.6) is 0 Å². The monoisotopic (exact) mass is 391 g/mol. The van der Waals surface area contributed by atoms with Gasteiger partial charge in [-0.25, -0.2) is 0 Å². The summed E-state index contributed by atoms with van der Waals surface area (Å²) in [5, 5.41) is 13.6. The molecule has 6 nitrogen and oxygen atoms in total. The molecule has 0 aliphatic carbocycles. The van der Waals surface area contributed by atoms with Gasteiger partial charge in [0.15, 0.2) is 0 Å². The summed E-state index contributed by atoms with van der Waals surface area (Å²) in [4.78, 5) is 37.5. The molecule has 1 aromatic carbocycles. The van der Waals surface area contributed by atoms with Gasteiger partial charge in [-0.3, -0.25) is 14.5 Å². The lowest BCUT2D eigenvalue weighted by Crippen LogP contribution is -2.53. The van der Waals surface area contributed by atoms with Gasteiger partial charge >= 0.3 is 0 Å². The number of carbonyl (C=O) groups is 3. The molecule has 2 rings (SSSR count). The van der Waals surface area contributed by atoms with Crippen molar-refractivity contribution in [2.45, 2.75) is 26.3 Å². The first-order valence-electron chi connectivity index (χ1n) is 8.14. The van der Waals surface area contributed by atoms with E-state index in [0.717, 1.165) is 17.3 Å². The minimum Gasteiger partial charge on any atom is -0.548 e. The summed E-state index contributed by atoms with van der Waals surface area (Å²) >= 11 is 6.30. The van der Waals surface area contributed by atoms with Crippen molar-refractivity contribution in [2.24, 2.45) is 5.92 Å². The van der Waals surface area contributed by atoms with Crippen LogP contribution in [0.2, 0.25) is 0 Å². The zero-order valence-corrected chi connectivity index (χ0v) is 16.1. The van der Waals surface area contributed by atoms with Crippen LogP contribution in [0.25, 0.3) is 6.08 Å². The van der Waals surface area contributed by atoms with Crippen molar-refractivity contribution in [3.05, 3.63) is 40.8 Å². The summed E-state index contributed by atoms with van der Waals surface area (Å²) in [6.07, 6.45) is 2.28. The fraction of sp³-hybridized carbons (Fsp3) is 0.333. The van der Waals surface area contributed by atoms with Crippen molar-refractivity contribution in [2.75, 3.05) is 6.54 Å². The van der Waals surface area contributed by atoms with Crippen LogP contribution in [0.15, 0.2) is 35.2 Å². The minimum atomic E-state index is -1.35. The highest BCUT2D eigenvalue weighted by atomic mass is 32.2. The predicted molar refractivity (Wildman–Crippen MR) is 103 cm³/mol. The molecule has 1 aliphatic rings. The number of benzene rings is 1. The smallest absolute Gasteiger partial charge is 0.266 e. The van der Waals surface area contributed by atoms with Crippen LogP contribution in [0.4, 0.5) is 0 Å². The van der Waals surface area contributed by atoms with Crippen molar-refractivity contribution < 1.29 is 19.5 Å². The van der Waals surface area contributed by atoms with E-state index in [9.17, 15) is 19.5 Å². The van der Waals surface area contributed by atoms with Gasteiger partial charge in [0.25, 0.3) is 5.91 Å². The van der Waals surface area contributed by atoms with Crippen molar-refractivity contribution >= 4 is 52.2 Å². The first kappa shape index (κ1) is 20.1. The van der Waals surface area contributed by atoms with E-state index in [4.69, 9.17) is 12.2 Å². The van der Waals surface area contributed by atoms with Crippen LogP contribution < -0.4 is 10.4 Å². The molecule has 0 bridgehead atoms. The van der Waals surface area contributed by atoms with Gasteiger partial charge in [0.1, 0.15) is 10.9 Å². The summed E-state index contributed by atoms with van der Waals surface area (Å²) in [5.74, 6) is -2.58. The van der Waals surface area contributed by atoms with Gasteiger partial charge in [-0.05, 0) is 17.6 Å². The zero-order valence-electron chi connectivity index (χ0n) is 14.4. The number of thiocarbonyl (C=S) groups is 1. The number of amides is 2. The maximum absolute atomic E-state index is 12.5. The number of rotatable bonds is 7. The normalized spacial score (nSPS) is 18.1. The lowest BCUT2D eigenvalue weighted by molar-refractivity contribution is -0.309. The van der Waals surface area contributed by atoms with Gasteiger partial charge in [-0.1, -0.05) is 74.6 Å². The Kier molecular flexibility index (Phi) is 6.93. The second-order valence-corrected chi connectivity index (χ2v) is 7.60. The molecule has 2 atom stereocenters. The maximum atomic E-state index is 12.5. The second-order valence-electron chi connectivity index (χ2n) is 5.93. The van der Waals surface area contributed by atoms with Crippen LogP contribution in [-0.4, -0.2) is 39.6 Å². The third-order valence-electron chi connectivity index (χ3n) is 4.06. The molecule has 0 unspecified atom stereocenters. The first-order chi connectivity index (χ1) is 12.3. The molecule has 1 fully saturated rings. The van der Waals surface area contributed by atoms with E-state index in [-0.39, 0.29) is 22.7 Å². The minimum absolute atomic E-state index is 0.265. The standard InChI is InChI=1S/C18H20N2O4S2/c1-3-11(2)15(17(23)24)19-14(21)10-20-16(22)13(26-18(20)25)9-12-7-5-4-6-8-12/h4-9,11,15H,3,10H2,1-2H3,(H,19,21)(H,23,24)/p-1/b13-9-/t11-,15+/m0/s1. The third kappa shape index (κ3) is 4.92. The highest BCUT2D eigenvalue weighted by Crippen LogP contribution is 2.32. The van der Waals surface area contributed by atoms with Gasteiger partial charge in [0, 0.05) is 0 Å². The molecule has 0 saturated carbocycles. The Hall–Kier alpha value is -2.19. The summed E-state index contributed by atoms with van der Waals surface area (Å²) in [7, 11) is 0. The van der Waals surface area contributed by atoms with Gasteiger partial charge in [0.05, 0.1) is 16.9 Å². The summed E-state index contributed by atoms with van der Waals surface area (Å²) in [6.45, 7) is 3.21. The first-order valence-corrected chi connectivity index (χ1v) is 9.36. The number of hydrogen-bond acceptors (Lipinski definition) is 6. The van der Waals surface area contributed by atoms with E-state index in [1.54, 1.807) is 13.0 Å². The molecule has 2 amide bonds. The molecule has 0 spiro atoms. The molecule has 1 heterocycles. The number of carbonyl (C=O) groups excluding carboxylic acids is 3. The van der Waals surface area contributed by atoms with Crippen LogP contribution in [0.3, 0.4) is 0 Å². The number of nitrogens with zero attached hydrogens (tertiary/aromatic N) is 1. The molecular formula is C18H19N2O4S2-. The highest BCUT2D eigenvalue weighted by Gasteiger charge is 2.34. The molecule has 1 aromatic rings. The van der Waals surface area contributed by atoms with Crippen LogP contribution >= 0.6 is 24.0 Å². The number of aliphatic carboxylic acids is 1. The summed E-state index contributed by atoms with van der Waals surface area (Å²) < 4.78 is 0.265. The highest BCUT2D eigenvalue weighted by molar-refractivity contribution is 8.26. The van der Waals surface area contributed by atoms with Gasteiger partial charge < -0.3 is 15.2 Å². The second kappa shape index (κ2) is 8.95. The molecular weight excluding hydrogens is 372 g/mol. The predicted octanol–water partition coefficient (Wildman–Crippen LogP) is 1.17. The molecule has 1 saturated heterocycles. The molecule has 0 radical (unpaired) electrons. The number of nitrogens with one attached hydrogen (secondary N) is 1. The fourth-order valence-corrected chi connectivity index (χ4v) is 3.62. The van der Waals surface area contributed by atoms with E-state index in [1.807, 2.05) is 37.3 Å². The van der Waals surface area contributed by atoms with E-state index in [0.29, 0.717) is 11.3 Å². The quantitative estimate of drug-likeness (QED) is 0.554. The molecule has 26 heavy (non-hydrogen) atoms. The van der Waals surface area contributed by atoms with Gasteiger partial charge in [-0.2, -0.15) is 0 Å². The Morgan fingerprint density at radius 1 is 1.35 bits per heavy atom. The van der Waals surface area contributed by atoms with Crippen LogP contribution in [0, 0.1) is 5.92 Å². The Bertz CT molecular complexity index is 749. The largest absolute Gasteiger partial charge is 0.548 e. The van der Waals surface area contributed by atoms with Crippen molar-refractivity contribution in [1.29, 1.82) is 0 Å². The van der Waals surface area contributed by atoms with Crippen molar-refractivity contribution in [1.82, 2.24) is 10.2 Å². The Morgan fingerprint density at radius 3 is 2.58 bits per heavy atom. The van der Waals surface area contributed by atoms with Gasteiger partial charge in [-0.15, -0.1) is 0 Å². The van der Waals surface area contributed by atoms with E-state index in [1.165, 1.54) is 4.90 Å². The third-order valence-corrected chi connectivity index (χ3v) is 5.43. The number of hydrogen-bond donors (Lipinski definition) is 1. The average Bonchev–Trinajstić information content (AvgIpc) is 2.87. The van der Waals surface area contributed by atoms with E-state index in [2.05, 4.69) is 5.32 Å². The maximum Gasteiger partial charge on any atom is 0.266 e. The number of carboxylic acid groups (broad SMARTS) is 1. The van der Waals surface area contributed by atoms with Crippen molar-refractivity contribution in [3.8, 4) is 0 Å². The zero-order chi connectivity index (χ0) is 19.3. The molecule has 138 valence electrons. The van der Waals surface area contributed by atoms with Gasteiger partial charge in [0.2, 0.25) is 5.91 Å². The summed E-state index contributed by atoms with van der Waals surface area (Å²) in [6, 6.07) is 8.19. The molecule has 1 aliphatic heterocycles. The lowest BCUT2D eigenvalue weighted by Gasteiger charge is -2.26. The molecule has 8 heteroatoms. The van der Waals surface area contributed by atoms with E-state index >= 15 is 0 Å². The fourth-order valence-electron chi connectivity index (χ4n) is 2.37. The number of thioether (sulfide) groups is 1. The SMILES string of the molecule is CC[C@H](C)[C@@H](NC(=O)CN1C(=O)/C(=C/c2ccccc2)SC1=S)C(=O)[O-]. The Balaban J connectivity index is 2.06. The Labute approximate surface area is 161 Å². The molecule has 0 aromatic heterocycles.